The highest BCUT2D eigenvalue weighted by Gasteiger charge is 2.27. The maximum Gasteiger partial charge on any atom is 0.273 e. The molecule has 0 aromatic carbocycles. The first-order valence-electron chi connectivity index (χ1n) is 6.02. The normalized spacial score (nSPS) is 21.1. The molecular weight excluding hydrogens is 220 g/mol. The van der Waals surface area contributed by atoms with E-state index < -0.39 is 0 Å². The van der Waals surface area contributed by atoms with Gasteiger partial charge in [-0.25, -0.2) is 4.98 Å². The van der Waals surface area contributed by atoms with Gasteiger partial charge in [-0.05, 0) is 25.7 Å². The molecule has 1 aromatic heterocycles. The van der Waals surface area contributed by atoms with E-state index in [0.717, 1.165) is 32.2 Å². The Bertz CT molecular complexity index is 335. The van der Waals surface area contributed by atoms with E-state index in [9.17, 15) is 4.79 Å². The highest BCUT2D eigenvalue weighted by molar-refractivity contribution is 7.07. The molecule has 3 nitrogen and oxygen atoms in total. The first-order valence-corrected chi connectivity index (χ1v) is 6.96. The fourth-order valence-corrected chi connectivity index (χ4v) is 2.89. The van der Waals surface area contributed by atoms with Gasteiger partial charge in [0.05, 0.1) is 5.51 Å². The number of thiazole rings is 1. The molecule has 0 aliphatic carbocycles. The van der Waals surface area contributed by atoms with Gasteiger partial charge in [-0.1, -0.05) is 13.3 Å². The van der Waals surface area contributed by atoms with Crippen LogP contribution in [-0.2, 0) is 0 Å². The lowest BCUT2D eigenvalue weighted by Gasteiger charge is -2.35. The third-order valence-electron chi connectivity index (χ3n) is 3.16. The van der Waals surface area contributed by atoms with Gasteiger partial charge in [-0.3, -0.25) is 4.79 Å². The molecule has 1 fully saturated rings. The molecule has 0 N–H and O–H groups in total. The van der Waals surface area contributed by atoms with Crippen LogP contribution in [0.15, 0.2) is 10.9 Å². The third-order valence-corrected chi connectivity index (χ3v) is 3.75. The molecule has 16 heavy (non-hydrogen) atoms. The predicted molar refractivity (Wildman–Crippen MR) is 65.7 cm³/mol. The zero-order valence-corrected chi connectivity index (χ0v) is 10.5. The fourth-order valence-electron chi connectivity index (χ4n) is 2.37. The van der Waals surface area contributed by atoms with E-state index in [1.165, 1.54) is 17.8 Å². The van der Waals surface area contributed by atoms with E-state index in [1.807, 2.05) is 10.3 Å². The molecule has 2 heterocycles. The Hall–Kier alpha value is -0.900. The maximum absolute atomic E-state index is 12.2. The lowest BCUT2D eigenvalue weighted by molar-refractivity contribution is 0.0595. The van der Waals surface area contributed by atoms with E-state index in [0.29, 0.717) is 11.7 Å². The summed E-state index contributed by atoms with van der Waals surface area (Å²) < 4.78 is 0. The predicted octanol–water partition coefficient (Wildman–Crippen LogP) is 2.94. The average Bonchev–Trinajstić information content (AvgIpc) is 2.83. The first-order chi connectivity index (χ1) is 7.83. The van der Waals surface area contributed by atoms with Gasteiger partial charge in [0.25, 0.3) is 5.91 Å². The van der Waals surface area contributed by atoms with Crippen LogP contribution in [-0.4, -0.2) is 28.4 Å². The number of aromatic nitrogens is 1. The van der Waals surface area contributed by atoms with Crippen molar-refractivity contribution in [1.29, 1.82) is 0 Å². The zero-order valence-electron chi connectivity index (χ0n) is 9.69. The van der Waals surface area contributed by atoms with Crippen LogP contribution in [0.1, 0.15) is 49.5 Å². The maximum atomic E-state index is 12.2. The second-order valence-electron chi connectivity index (χ2n) is 4.31. The zero-order chi connectivity index (χ0) is 11.4. The molecule has 0 bridgehead atoms. The molecular formula is C12H18N2OS. The van der Waals surface area contributed by atoms with Crippen molar-refractivity contribution in [3.8, 4) is 0 Å². The number of hydrogen-bond acceptors (Lipinski definition) is 3. The van der Waals surface area contributed by atoms with Crippen molar-refractivity contribution in [2.75, 3.05) is 6.54 Å². The summed E-state index contributed by atoms with van der Waals surface area (Å²) in [6, 6.07) is 0.438. The molecule has 1 unspecified atom stereocenters. The van der Waals surface area contributed by atoms with Crippen LogP contribution in [0.2, 0.25) is 0 Å². The summed E-state index contributed by atoms with van der Waals surface area (Å²) in [7, 11) is 0. The van der Waals surface area contributed by atoms with Gasteiger partial charge in [0.2, 0.25) is 0 Å². The van der Waals surface area contributed by atoms with Crippen molar-refractivity contribution in [3.63, 3.8) is 0 Å². The Morgan fingerprint density at radius 3 is 3.19 bits per heavy atom. The summed E-state index contributed by atoms with van der Waals surface area (Å²) in [5.74, 6) is 0.124. The summed E-state index contributed by atoms with van der Waals surface area (Å²) in [5, 5.41) is 1.85. The molecule has 0 spiro atoms. The van der Waals surface area contributed by atoms with E-state index in [4.69, 9.17) is 0 Å². The molecule has 1 amide bonds. The van der Waals surface area contributed by atoms with Crippen molar-refractivity contribution in [1.82, 2.24) is 9.88 Å². The Morgan fingerprint density at radius 2 is 2.50 bits per heavy atom. The third kappa shape index (κ3) is 2.43. The lowest BCUT2D eigenvalue weighted by Crippen LogP contribution is -2.43. The molecule has 1 aliphatic heterocycles. The largest absolute Gasteiger partial charge is 0.334 e. The summed E-state index contributed by atoms with van der Waals surface area (Å²) in [6.45, 7) is 3.08. The van der Waals surface area contributed by atoms with Gasteiger partial charge in [0.1, 0.15) is 5.69 Å². The Labute approximate surface area is 100 Å². The van der Waals surface area contributed by atoms with Crippen LogP contribution in [0.5, 0.6) is 0 Å². The molecule has 88 valence electrons. The minimum atomic E-state index is 0.124. The quantitative estimate of drug-likeness (QED) is 0.811. The van der Waals surface area contributed by atoms with Crippen molar-refractivity contribution in [2.45, 2.75) is 45.1 Å². The number of carbonyl (C=O) groups is 1. The van der Waals surface area contributed by atoms with Crippen LogP contribution in [0.4, 0.5) is 0 Å². The topological polar surface area (TPSA) is 33.2 Å². The number of likely N-dealkylation sites (tertiary alicyclic amines) is 1. The molecule has 1 aromatic rings. The van der Waals surface area contributed by atoms with Gasteiger partial charge in [-0.2, -0.15) is 0 Å². The number of nitrogens with zero attached hydrogens (tertiary/aromatic N) is 2. The van der Waals surface area contributed by atoms with Gasteiger partial charge in [0, 0.05) is 18.0 Å². The first kappa shape index (κ1) is 11.6. The van der Waals surface area contributed by atoms with Gasteiger partial charge in [0.15, 0.2) is 0 Å². The molecule has 1 aliphatic rings. The Balaban J connectivity index is 2.08. The molecule has 0 radical (unpaired) electrons. The smallest absolute Gasteiger partial charge is 0.273 e. The standard InChI is InChI=1S/C12H18N2OS/c1-2-5-10-6-3-4-7-14(10)12(15)11-8-16-9-13-11/h8-10H,2-7H2,1H3. The monoisotopic (exact) mass is 238 g/mol. The second kappa shape index (κ2) is 5.43. The lowest BCUT2D eigenvalue weighted by atomic mass is 9.98. The van der Waals surface area contributed by atoms with E-state index in [2.05, 4.69) is 11.9 Å². The Morgan fingerprint density at radius 1 is 1.62 bits per heavy atom. The van der Waals surface area contributed by atoms with Crippen LogP contribution in [0, 0.1) is 0 Å². The van der Waals surface area contributed by atoms with Gasteiger partial charge >= 0.3 is 0 Å². The average molecular weight is 238 g/mol. The van der Waals surface area contributed by atoms with Gasteiger partial charge in [-0.15, -0.1) is 11.3 Å². The summed E-state index contributed by atoms with van der Waals surface area (Å²) in [4.78, 5) is 18.4. The number of piperidine rings is 1. The number of hydrogen-bond donors (Lipinski definition) is 0. The fraction of sp³-hybridized carbons (Fsp3) is 0.667. The SMILES string of the molecule is CCCC1CCCCN1C(=O)c1cscn1. The summed E-state index contributed by atoms with van der Waals surface area (Å²) >= 11 is 1.49. The van der Waals surface area contributed by atoms with Crippen LogP contribution < -0.4 is 0 Å². The molecule has 1 saturated heterocycles. The Kier molecular flexibility index (Phi) is 3.93. The van der Waals surface area contributed by atoms with Crippen molar-refractivity contribution in [3.05, 3.63) is 16.6 Å². The molecule has 1 atom stereocenters. The highest BCUT2D eigenvalue weighted by atomic mass is 32.1. The second-order valence-corrected chi connectivity index (χ2v) is 5.03. The molecule has 2 rings (SSSR count). The number of rotatable bonds is 3. The van der Waals surface area contributed by atoms with Crippen LogP contribution >= 0.6 is 11.3 Å². The van der Waals surface area contributed by atoms with E-state index in [1.54, 1.807) is 5.51 Å². The minimum absolute atomic E-state index is 0.124. The van der Waals surface area contributed by atoms with Crippen molar-refractivity contribution < 1.29 is 4.79 Å². The van der Waals surface area contributed by atoms with E-state index in [-0.39, 0.29) is 5.91 Å². The van der Waals surface area contributed by atoms with E-state index >= 15 is 0 Å². The number of carbonyl (C=O) groups excluding carboxylic acids is 1. The van der Waals surface area contributed by atoms with Crippen LogP contribution in [0.25, 0.3) is 0 Å². The molecule has 0 saturated carbocycles. The van der Waals surface area contributed by atoms with Gasteiger partial charge < -0.3 is 4.90 Å². The highest BCUT2D eigenvalue weighted by Crippen LogP contribution is 2.22. The van der Waals surface area contributed by atoms with Crippen molar-refractivity contribution in [2.24, 2.45) is 0 Å². The minimum Gasteiger partial charge on any atom is -0.334 e. The summed E-state index contributed by atoms with van der Waals surface area (Å²) in [6.07, 6.45) is 5.81. The summed E-state index contributed by atoms with van der Waals surface area (Å²) in [5.41, 5.74) is 2.35. The number of amides is 1. The molecule has 4 heteroatoms. The van der Waals surface area contributed by atoms with Crippen LogP contribution in [0.3, 0.4) is 0 Å². The van der Waals surface area contributed by atoms with Crippen molar-refractivity contribution >= 4 is 17.2 Å².